The maximum atomic E-state index is 11.4. The molecule has 1 aromatic heterocycles. The van der Waals surface area contributed by atoms with Crippen LogP contribution in [0, 0.1) is 6.92 Å². The van der Waals surface area contributed by atoms with Gasteiger partial charge in [0.05, 0.1) is 14.2 Å². The standard InChI is InChI=1S/C14H14O3S/c1-9-8-10(4-5-11(9)16-2)12-6-7-13(18-12)14(15)17-3/h4-8H,1-3H3. The summed E-state index contributed by atoms with van der Waals surface area (Å²) in [5.74, 6) is 0.569. The zero-order valence-corrected chi connectivity index (χ0v) is 11.3. The van der Waals surface area contributed by atoms with Crippen molar-refractivity contribution >= 4 is 17.3 Å². The van der Waals surface area contributed by atoms with Crippen molar-refractivity contribution in [3.8, 4) is 16.2 Å². The minimum Gasteiger partial charge on any atom is -0.496 e. The highest BCUT2D eigenvalue weighted by molar-refractivity contribution is 7.17. The number of ether oxygens (including phenoxy) is 2. The number of hydrogen-bond donors (Lipinski definition) is 0. The fourth-order valence-electron chi connectivity index (χ4n) is 1.74. The number of hydrogen-bond acceptors (Lipinski definition) is 4. The highest BCUT2D eigenvalue weighted by Gasteiger charge is 2.10. The Hall–Kier alpha value is -1.81. The zero-order valence-electron chi connectivity index (χ0n) is 10.5. The molecule has 0 aliphatic carbocycles. The van der Waals surface area contributed by atoms with Gasteiger partial charge in [0.2, 0.25) is 0 Å². The van der Waals surface area contributed by atoms with Gasteiger partial charge in [0.15, 0.2) is 0 Å². The van der Waals surface area contributed by atoms with Crippen LogP contribution in [0.25, 0.3) is 10.4 Å². The number of carbonyl (C=O) groups is 1. The number of methoxy groups -OCH3 is 2. The van der Waals surface area contributed by atoms with Gasteiger partial charge in [0.25, 0.3) is 0 Å². The molecule has 0 aliphatic rings. The van der Waals surface area contributed by atoms with Gasteiger partial charge in [-0.15, -0.1) is 11.3 Å². The molecule has 0 atom stereocenters. The molecule has 0 bridgehead atoms. The maximum absolute atomic E-state index is 11.4. The van der Waals surface area contributed by atoms with Crippen LogP contribution in [0.3, 0.4) is 0 Å². The van der Waals surface area contributed by atoms with E-state index in [1.807, 2.05) is 31.2 Å². The van der Waals surface area contributed by atoms with Gasteiger partial charge in [0, 0.05) is 4.88 Å². The lowest BCUT2D eigenvalue weighted by atomic mass is 10.1. The van der Waals surface area contributed by atoms with Crippen LogP contribution in [0.15, 0.2) is 30.3 Å². The SMILES string of the molecule is COC(=O)c1ccc(-c2ccc(OC)c(C)c2)s1. The average Bonchev–Trinajstić information content (AvgIpc) is 2.87. The predicted octanol–water partition coefficient (Wildman–Crippen LogP) is 3.52. The summed E-state index contributed by atoms with van der Waals surface area (Å²) in [4.78, 5) is 13.0. The maximum Gasteiger partial charge on any atom is 0.348 e. The van der Waals surface area contributed by atoms with Gasteiger partial charge < -0.3 is 9.47 Å². The second-order valence-electron chi connectivity index (χ2n) is 3.84. The fourth-order valence-corrected chi connectivity index (χ4v) is 2.66. The molecule has 0 aliphatic heterocycles. The van der Waals surface area contributed by atoms with E-state index in [2.05, 4.69) is 0 Å². The van der Waals surface area contributed by atoms with Crippen molar-refractivity contribution in [3.05, 3.63) is 40.8 Å². The molecule has 2 rings (SSSR count). The second-order valence-corrected chi connectivity index (χ2v) is 4.92. The minimum atomic E-state index is -0.295. The highest BCUT2D eigenvalue weighted by Crippen LogP contribution is 2.31. The Kier molecular flexibility index (Phi) is 3.67. The Morgan fingerprint density at radius 2 is 1.94 bits per heavy atom. The summed E-state index contributed by atoms with van der Waals surface area (Å²) >= 11 is 1.43. The molecular weight excluding hydrogens is 248 g/mol. The Bertz CT molecular complexity index is 572. The summed E-state index contributed by atoms with van der Waals surface area (Å²) in [6.07, 6.45) is 0. The van der Waals surface area contributed by atoms with E-state index in [0.29, 0.717) is 4.88 Å². The molecule has 0 spiro atoms. The van der Waals surface area contributed by atoms with Crippen molar-refractivity contribution in [1.82, 2.24) is 0 Å². The predicted molar refractivity (Wildman–Crippen MR) is 72.4 cm³/mol. The number of esters is 1. The summed E-state index contributed by atoms with van der Waals surface area (Å²) in [6, 6.07) is 9.68. The largest absolute Gasteiger partial charge is 0.496 e. The van der Waals surface area contributed by atoms with E-state index in [4.69, 9.17) is 9.47 Å². The number of benzene rings is 1. The molecular formula is C14H14O3S. The quantitative estimate of drug-likeness (QED) is 0.794. The Morgan fingerprint density at radius 3 is 2.56 bits per heavy atom. The van der Waals surface area contributed by atoms with Crippen LogP contribution < -0.4 is 4.74 Å². The summed E-state index contributed by atoms with van der Waals surface area (Å²) in [7, 11) is 3.04. The molecule has 0 unspecified atom stereocenters. The Morgan fingerprint density at radius 1 is 1.17 bits per heavy atom. The van der Waals surface area contributed by atoms with E-state index in [1.165, 1.54) is 18.4 Å². The molecule has 0 radical (unpaired) electrons. The lowest BCUT2D eigenvalue weighted by molar-refractivity contribution is 0.0606. The highest BCUT2D eigenvalue weighted by atomic mass is 32.1. The summed E-state index contributed by atoms with van der Waals surface area (Å²) in [6.45, 7) is 2.00. The topological polar surface area (TPSA) is 35.5 Å². The van der Waals surface area contributed by atoms with Crippen molar-refractivity contribution in [2.45, 2.75) is 6.92 Å². The summed E-state index contributed by atoms with van der Waals surface area (Å²) in [5, 5.41) is 0. The molecule has 94 valence electrons. The molecule has 18 heavy (non-hydrogen) atoms. The number of carbonyl (C=O) groups excluding carboxylic acids is 1. The van der Waals surface area contributed by atoms with Crippen LogP contribution in [0.1, 0.15) is 15.2 Å². The molecule has 1 aromatic carbocycles. The fraction of sp³-hybridized carbons (Fsp3) is 0.214. The lowest BCUT2D eigenvalue weighted by Crippen LogP contribution is -1.96. The van der Waals surface area contributed by atoms with E-state index >= 15 is 0 Å². The first-order valence-electron chi connectivity index (χ1n) is 5.49. The first kappa shape index (κ1) is 12.6. The first-order chi connectivity index (χ1) is 8.65. The van der Waals surface area contributed by atoms with E-state index in [1.54, 1.807) is 13.2 Å². The van der Waals surface area contributed by atoms with Crippen LogP contribution in [-0.2, 0) is 4.74 Å². The van der Waals surface area contributed by atoms with Gasteiger partial charge in [-0.1, -0.05) is 0 Å². The van der Waals surface area contributed by atoms with Crippen LogP contribution in [0.4, 0.5) is 0 Å². The number of rotatable bonds is 3. The molecule has 0 fully saturated rings. The summed E-state index contributed by atoms with van der Waals surface area (Å²) in [5.41, 5.74) is 2.15. The Labute approximate surface area is 110 Å². The number of aryl methyl sites for hydroxylation is 1. The monoisotopic (exact) mass is 262 g/mol. The van der Waals surface area contributed by atoms with Gasteiger partial charge >= 0.3 is 5.97 Å². The average molecular weight is 262 g/mol. The lowest BCUT2D eigenvalue weighted by Gasteiger charge is -2.05. The first-order valence-corrected chi connectivity index (χ1v) is 6.30. The minimum absolute atomic E-state index is 0.295. The van der Waals surface area contributed by atoms with Gasteiger partial charge in [-0.3, -0.25) is 0 Å². The second kappa shape index (κ2) is 5.23. The number of thiophene rings is 1. The smallest absolute Gasteiger partial charge is 0.348 e. The van der Waals surface area contributed by atoms with E-state index in [9.17, 15) is 4.79 Å². The third-order valence-electron chi connectivity index (χ3n) is 2.67. The molecule has 4 heteroatoms. The van der Waals surface area contributed by atoms with Crippen molar-refractivity contribution < 1.29 is 14.3 Å². The van der Waals surface area contributed by atoms with Gasteiger partial charge in [0.1, 0.15) is 10.6 Å². The van der Waals surface area contributed by atoms with Gasteiger partial charge in [-0.25, -0.2) is 4.79 Å². The zero-order chi connectivity index (χ0) is 13.1. The van der Waals surface area contributed by atoms with Crippen molar-refractivity contribution in [3.63, 3.8) is 0 Å². The van der Waals surface area contributed by atoms with E-state index in [0.717, 1.165) is 21.8 Å². The molecule has 2 aromatic rings. The third kappa shape index (κ3) is 2.38. The van der Waals surface area contributed by atoms with Gasteiger partial charge in [-0.05, 0) is 48.4 Å². The normalized spacial score (nSPS) is 10.2. The van der Waals surface area contributed by atoms with Crippen LogP contribution in [0.5, 0.6) is 5.75 Å². The van der Waals surface area contributed by atoms with Crippen molar-refractivity contribution in [2.75, 3.05) is 14.2 Å². The van der Waals surface area contributed by atoms with Crippen LogP contribution >= 0.6 is 11.3 Å². The molecule has 1 heterocycles. The summed E-state index contributed by atoms with van der Waals surface area (Å²) < 4.78 is 9.92. The third-order valence-corrected chi connectivity index (χ3v) is 3.79. The van der Waals surface area contributed by atoms with Gasteiger partial charge in [-0.2, -0.15) is 0 Å². The molecule has 0 amide bonds. The van der Waals surface area contributed by atoms with E-state index in [-0.39, 0.29) is 5.97 Å². The Balaban J connectivity index is 2.34. The van der Waals surface area contributed by atoms with E-state index < -0.39 is 0 Å². The molecule has 0 N–H and O–H groups in total. The molecule has 0 saturated carbocycles. The van der Waals surface area contributed by atoms with Crippen molar-refractivity contribution in [1.29, 1.82) is 0 Å². The van der Waals surface area contributed by atoms with Crippen LogP contribution in [0.2, 0.25) is 0 Å². The van der Waals surface area contributed by atoms with Crippen LogP contribution in [-0.4, -0.2) is 20.2 Å². The molecule has 0 saturated heterocycles. The van der Waals surface area contributed by atoms with Crippen molar-refractivity contribution in [2.24, 2.45) is 0 Å². The molecule has 3 nitrogen and oxygen atoms in total.